The Morgan fingerprint density at radius 2 is 0.707 bits per heavy atom. The largest absolute Gasteiger partial charge is 0.309 e. The molecule has 6 aromatic rings. The zero-order chi connectivity index (χ0) is 28.0. The van der Waals surface area contributed by atoms with E-state index in [4.69, 9.17) is 11.6 Å². The number of para-hydroxylation sites is 4. The Bertz CT molecular complexity index is 1510. The second-order valence-corrected chi connectivity index (χ2v) is 13.2. The predicted octanol–water partition coefficient (Wildman–Crippen LogP) is 9.25. The number of hydrogen-bond donors (Lipinski definition) is 0. The summed E-state index contributed by atoms with van der Waals surface area (Å²) in [5.41, 5.74) is 6.16. The van der Waals surface area contributed by atoms with Crippen LogP contribution in [0, 0.1) is 0 Å². The lowest BCUT2D eigenvalue weighted by Crippen LogP contribution is -2.39. The molecule has 6 aromatic carbocycles. The Labute approximate surface area is 249 Å². The first-order valence-corrected chi connectivity index (χ1v) is 16.6. The van der Waals surface area contributed by atoms with Crippen LogP contribution in [-0.2, 0) is 0 Å². The minimum absolute atomic E-state index is 0.698. The molecule has 0 aliphatic rings. The van der Waals surface area contributed by atoms with Crippen molar-refractivity contribution in [3.63, 3.8) is 0 Å². The van der Waals surface area contributed by atoms with Crippen LogP contribution in [0.15, 0.2) is 164 Å². The molecule has 1 unspecified atom stereocenters. The van der Waals surface area contributed by atoms with E-state index in [0.717, 1.165) is 34.1 Å². The Morgan fingerprint density at radius 3 is 1.02 bits per heavy atom. The molecule has 4 heteroatoms. The Balaban J connectivity index is 1.64. The minimum atomic E-state index is -1.57. The van der Waals surface area contributed by atoms with Gasteiger partial charge in [0.2, 0.25) is 0 Å². The highest BCUT2D eigenvalue weighted by molar-refractivity contribution is 6.84. The summed E-state index contributed by atoms with van der Waals surface area (Å²) >= 11 is 7.55. The van der Waals surface area contributed by atoms with Crippen LogP contribution >= 0.6 is 11.6 Å². The van der Waals surface area contributed by atoms with E-state index in [2.05, 4.69) is 156 Å². The lowest BCUT2D eigenvalue weighted by Gasteiger charge is -2.32. The molecule has 0 spiro atoms. The maximum atomic E-state index is 7.55. The molecule has 0 N–H and O–H groups in total. The van der Waals surface area contributed by atoms with Crippen LogP contribution in [0.5, 0.6) is 0 Å². The van der Waals surface area contributed by atoms with E-state index in [0.29, 0.717) is 5.02 Å². The number of rotatable bonds is 8. The van der Waals surface area contributed by atoms with Gasteiger partial charge in [-0.05, 0) is 60.7 Å². The number of benzene rings is 6. The minimum Gasteiger partial charge on any atom is -0.309 e. The fraction of sp³-hybridized carbons (Fsp3) is 0.0270. The molecule has 0 saturated carbocycles. The van der Waals surface area contributed by atoms with E-state index >= 15 is 0 Å². The van der Waals surface area contributed by atoms with Crippen LogP contribution in [0.3, 0.4) is 0 Å². The van der Waals surface area contributed by atoms with Crippen molar-refractivity contribution >= 4 is 64.9 Å². The maximum Gasteiger partial charge on any atom is 0.0999 e. The molecule has 0 heterocycles. The number of hydrogen-bond acceptors (Lipinski definition) is 2. The zero-order valence-corrected chi connectivity index (χ0v) is 24.8. The third kappa shape index (κ3) is 5.69. The molecule has 0 bridgehead atoms. The van der Waals surface area contributed by atoms with Gasteiger partial charge in [-0.1, -0.05) is 132 Å². The van der Waals surface area contributed by atoms with Gasteiger partial charge in [0.1, 0.15) is 0 Å². The summed E-state index contributed by atoms with van der Waals surface area (Å²) in [6, 6.07) is 57.4. The fourth-order valence-electron chi connectivity index (χ4n) is 5.29. The molecule has 1 atom stereocenters. The first kappa shape index (κ1) is 26.6. The molecule has 0 amide bonds. The lowest BCUT2D eigenvalue weighted by atomic mass is 10.1. The Morgan fingerprint density at radius 1 is 0.415 bits per heavy atom. The topological polar surface area (TPSA) is 6.48 Å². The highest BCUT2D eigenvalue weighted by Crippen LogP contribution is 2.46. The van der Waals surface area contributed by atoms with Crippen LogP contribution in [0.2, 0.25) is 11.6 Å². The van der Waals surface area contributed by atoms with E-state index in [9.17, 15) is 0 Å². The van der Waals surface area contributed by atoms with E-state index < -0.39 is 8.80 Å². The quantitative estimate of drug-likeness (QED) is 0.169. The Kier molecular flexibility index (Phi) is 7.99. The van der Waals surface area contributed by atoms with Crippen molar-refractivity contribution < 1.29 is 0 Å². The molecule has 0 saturated heterocycles. The van der Waals surface area contributed by atoms with Crippen LogP contribution in [0.1, 0.15) is 0 Å². The van der Waals surface area contributed by atoms with Gasteiger partial charge >= 0.3 is 0 Å². The van der Waals surface area contributed by atoms with Crippen LogP contribution in [0.25, 0.3) is 0 Å². The molecule has 0 fully saturated rings. The van der Waals surface area contributed by atoms with Crippen LogP contribution < -0.4 is 20.2 Å². The SMILES string of the molecule is C[SiH](c1ccccc1)c1cc(N(c2ccccc2)c2ccccc2)c(Cl)c(N(c2ccccc2)c2ccccc2)c1. The molecule has 200 valence electrons. The molecule has 2 nitrogen and oxygen atoms in total. The van der Waals surface area contributed by atoms with Crippen molar-refractivity contribution in [2.24, 2.45) is 0 Å². The molecule has 41 heavy (non-hydrogen) atoms. The van der Waals surface area contributed by atoms with E-state index in [-0.39, 0.29) is 0 Å². The van der Waals surface area contributed by atoms with Gasteiger partial charge in [-0.3, -0.25) is 0 Å². The second-order valence-electron chi connectivity index (χ2n) is 10.0. The molecule has 0 radical (unpaired) electrons. The van der Waals surface area contributed by atoms with Crippen molar-refractivity contribution in [1.29, 1.82) is 0 Å². The van der Waals surface area contributed by atoms with Gasteiger partial charge in [-0.15, -0.1) is 0 Å². The van der Waals surface area contributed by atoms with Crippen molar-refractivity contribution in [3.05, 3.63) is 169 Å². The summed E-state index contributed by atoms with van der Waals surface area (Å²) in [4.78, 5) is 4.55. The second kappa shape index (κ2) is 12.3. The summed E-state index contributed by atoms with van der Waals surface area (Å²) in [6.07, 6.45) is 0. The molecular formula is C37H31ClN2Si. The van der Waals surface area contributed by atoms with E-state index in [1.54, 1.807) is 0 Å². The monoisotopic (exact) mass is 566 g/mol. The van der Waals surface area contributed by atoms with E-state index in [1.807, 2.05) is 24.3 Å². The van der Waals surface area contributed by atoms with Crippen molar-refractivity contribution in [3.8, 4) is 0 Å². The average molecular weight is 567 g/mol. The third-order valence-electron chi connectivity index (χ3n) is 7.40. The number of anilines is 6. The normalized spacial score (nSPS) is 11.6. The van der Waals surface area contributed by atoms with Crippen molar-refractivity contribution in [1.82, 2.24) is 0 Å². The van der Waals surface area contributed by atoms with Crippen molar-refractivity contribution in [2.75, 3.05) is 9.80 Å². The summed E-state index contributed by atoms with van der Waals surface area (Å²) < 4.78 is 0. The molecule has 0 aliphatic carbocycles. The predicted molar refractivity (Wildman–Crippen MR) is 180 cm³/mol. The third-order valence-corrected chi connectivity index (χ3v) is 10.5. The summed E-state index contributed by atoms with van der Waals surface area (Å²) in [5, 5.41) is 3.41. The molecule has 0 aromatic heterocycles. The smallest absolute Gasteiger partial charge is 0.0999 e. The van der Waals surface area contributed by atoms with E-state index in [1.165, 1.54) is 10.4 Å². The van der Waals surface area contributed by atoms with Gasteiger partial charge in [0, 0.05) is 22.7 Å². The molecular weight excluding hydrogens is 536 g/mol. The van der Waals surface area contributed by atoms with Crippen LogP contribution in [-0.4, -0.2) is 8.80 Å². The average Bonchev–Trinajstić information content (AvgIpc) is 3.05. The summed E-state index contributed by atoms with van der Waals surface area (Å²) in [7, 11) is -1.57. The van der Waals surface area contributed by atoms with Gasteiger partial charge in [0.15, 0.2) is 0 Å². The number of nitrogens with zero attached hydrogens (tertiary/aromatic N) is 2. The van der Waals surface area contributed by atoms with Gasteiger partial charge in [-0.25, -0.2) is 0 Å². The summed E-state index contributed by atoms with van der Waals surface area (Å²) in [6.45, 7) is 2.40. The van der Waals surface area contributed by atoms with Gasteiger partial charge < -0.3 is 9.80 Å². The first-order valence-electron chi connectivity index (χ1n) is 13.9. The van der Waals surface area contributed by atoms with Crippen molar-refractivity contribution in [2.45, 2.75) is 6.55 Å². The maximum absolute atomic E-state index is 7.55. The van der Waals surface area contributed by atoms with Gasteiger partial charge in [0.25, 0.3) is 0 Å². The standard InChI is InChI=1S/C37H31ClN2Si/c1-41(33-25-15-6-16-26-33)34-27-35(39(29-17-7-2-8-18-29)30-19-9-3-10-20-30)37(38)36(28-34)40(31-21-11-4-12-22-31)32-23-13-5-14-24-32/h2-28,41H,1H3. The highest BCUT2D eigenvalue weighted by atomic mass is 35.5. The van der Waals surface area contributed by atoms with Gasteiger partial charge in [0.05, 0.1) is 25.2 Å². The Hall–Kier alpha value is -4.57. The molecule has 0 aliphatic heterocycles. The lowest BCUT2D eigenvalue weighted by molar-refractivity contribution is 1.25. The first-order chi connectivity index (χ1) is 20.2. The zero-order valence-electron chi connectivity index (χ0n) is 22.9. The van der Waals surface area contributed by atoms with Gasteiger partial charge in [-0.2, -0.15) is 0 Å². The van der Waals surface area contributed by atoms with Crippen LogP contribution in [0.4, 0.5) is 34.1 Å². The molecule has 6 rings (SSSR count). The highest BCUT2D eigenvalue weighted by Gasteiger charge is 2.25. The fourth-order valence-corrected chi connectivity index (χ4v) is 7.57. The summed E-state index contributed by atoms with van der Waals surface area (Å²) in [5.74, 6) is 0. The number of halogens is 1.